The van der Waals surface area contributed by atoms with E-state index in [1.807, 2.05) is 69.3 Å². The molecular weight excluding hydrogens is 250 g/mol. The van der Waals surface area contributed by atoms with E-state index in [1.54, 1.807) is 0 Å². The zero-order valence-corrected chi connectivity index (χ0v) is 12.0. The van der Waals surface area contributed by atoms with Crippen molar-refractivity contribution in [2.75, 3.05) is 5.32 Å². The van der Waals surface area contributed by atoms with E-state index in [1.165, 1.54) is 0 Å². The monoisotopic (exact) mass is 269 g/mol. The fraction of sp³-hybridized carbons (Fsp3) is 0.235. The molecule has 0 aliphatic carbocycles. The van der Waals surface area contributed by atoms with Gasteiger partial charge in [0.1, 0.15) is 5.75 Å². The van der Waals surface area contributed by atoms with Crippen molar-refractivity contribution in [2.24, 2.45) is 0 Å². The number of rotatable bonds is 4. The Hall–Kier alpha value is -2.29. The van der Waals surface area contributed by atoms with Crippen LogP contribution in [0.3, 0.4) is 0 Å². The van der Waals surface area contributed by atoms with Gasteiger partial charge < -0.3 is 10.1 Å². The van der Waals surface area contributed by atoms with Gasteiger partial charge >= 0.3 is 0 Å². The van der Waals surface area contributed by atoms with E-state index < -0.39 is 0 Å². The van der Waals surface area contributed by atoms with Gasteiger partial charge in [-0.2, -0.15) is 0 Å². The summed E-state index contributed by atoms with van der Waals surface area (Å²) in [6.07, 6.45) is 0.142. The molecule has 3 heteroatoms. The Bertz CT molecular complexity index is 571. The van der Waals surface area contributed by atoms with Crippen molar-refractivity contribution >= 4 is 11.6 Å². The Morgan fingerprint density at radius 3 is 2.15 bits per heavy atom. The Balaban J connectivity index is 2.02. The van der Waals surface area contributed by atoms with Crippen LogP contribution in [0.2, 0.25) is 0 Å². The van der Waals surface area contributed by atoms with Gasteiger partial charge in [0, 0.05) is 11.3 Å². The molecule has 2 aromatic rings. The second-order valence-electron chi connectivity index (χ2n) is 5.01. The molecule has 2 rings (SSSR count). The van der Waals surface area contributed by atoms with Crippen molar-refractivity contribution < 1.29 is 9.53 Å². The zero-order chi connectivity index (χ0) is 14.5. The van der Waals surface area contributed by atoms with Crippen molar-refractivity contribution in [3.8, 4) is 5.75 Å². The Labute approximate surface area is 119 Å². The average Bonchev–Trinajstić information content (AvgIpc) is 2.41. The topological polar surface area (TPSA) is 38.3 Å². The van der Waals surface area contributed by atoms with E-state index in [0.717, 1.165) is 17.0 Å². The highest BCUT2D eigenvalue weighted by Gasteiger charge is 2.05. The maximum atomic E-state index is 12.0. The smallest absolute Gasteiger partial charge is 0.255 e. The summed E-state index contributed by atoms with van der Waals surface area (Å²) >= 11 is 0. The minimum Gasteiger partial charge on any atom is -0.491 e. The van der Waals surface area contributed by atoms with Crippen LogP contribution in [0.15, 0.2) is 48.5 Å². The van der Waals surface area contributed by atoms with E-state index in [2.05, 4.69) is 5.32 Å². The molecule has 1 amide bonds. The first-order valence-electron chi connectivity index (χ1n) is 6.69. The lowest BCUT2D eigenvalue weighted by atomic mass is 10.1. The second-order valence-corrected chi connectivity index (χ2v) is 5.01. The highest BCUT2D eigenvalue weighted by molar-refractivity contribution is 6.04. The number of aryl methyl sites for hydroxylation is 1. The highest BCUT2D eigenvalue weighted by Crippen LogP contribution is 2.17. The third-order valence-electron chi connectivity index (χ3n) is 2.80. The average molecular weight is 269 g/mol. The van der Waals surface area contributed by atoms with E-state index in [-0.39, 0.29) is 12.0 Å². The third kappa shape index (κ3) is 3.85. The van der Waals surface area contributed by atoms with E-state index >= 15 is 0 Å². The molecule has 0 saturated carbocycles. The van der Waals surface area contributed by atoms with Crippen LogP contribution in [0, 0.1) is 6.92 Å². The summed E-state index contributed by atoms with van der Waals surface area (Å²) in [6.45, 7) is 5.95. The predicted molar refractivity (Wildman–Crippen MR) is 81.3 cm³/mol. The predicted octanol–water partition coefficient (Wildman–Crippen LogP) is 4.03. The zero-order valence-electron chi connectivity index (χ0n) is 12.0. The van der Waals surface area contributed by atoms with E-state index in [9.17, 15) is 4.79 Å². The van der Waals surface area contributed by atoms with Crippen molar-refractivity contribution in [3.63, 3.8) is 0 Å². The molecule has 0 aromatic heterocycles. The number of amides is 1. The number of hydrogen-bond acceptors (Lipinski definition) is 2. The lowest BCUT2D eigenvalue weighted by Crippen LogP contribution is -2.11. The molecule has 1 N–H and O–H groups in total. The summed E-state index contributed by atoms with van der Waals surface area (Å²) in [5.41, 5.74) is 2.54. The molecule has 0 aliphatic rings. The largest absolute Gasteiger partial charge is 0.491 e. The molecule has 3 nitrogen and oxygen atoms in total. The first kappa shape index (κ1) is 14.1. The molecule has 0 aliphatic heterocycles. The summed E-state index contributed by atoms with van der Waals surface area (Å²) in [6, 6.07) is 14.9. The number of ether oxygens (including phenoxy) is 1. The lowest BCUT2D eigenvalue weighted by molar-refractivity contribution is 0.102. The number of nitrogens with one attached hydrogen (secondary N) is 1. The van der Waals surface area contributed by atoms with Crippen LogP contribution in [0.25, 0.3) is 0 Å². The molecule has 0 saturated heterocycles. The summed E-state index contributed by atoms with van der Waals surface area (Å²) in [7, 11) is 0. The summed E-state index contributed by atoms with van der Waals surface area (Å²) in [5, 5.41) is 2.86. The molecule has 0 radical (unpaired) electrons. The summed E-state index contributed by atoms with van der Waals surface area (Å²) in [5.74, 6) is 0.691. The van der Waals surface area contributed by atoms with Gasteiger partial charge in [-0.15, -0.1) is 0 Å². The van der Waals surface area contributed by atoms with Crippen LogP contribution in [0.1, 0.15) is 29.8 Å². The SMILES string of the molecule is Cc1ccc(C(=O)Nc2ccc(OC(C)C)cc2)cc1. The second kappa shape index (κ2) is 6.24. The molecule has 20 heavy (non-hydrogen) atoms. The molecule has 104 valence electrons. The van der Waals surface area contributed by atoms with Crippen LogP contribution in [0.4, 0.5) is 5.69 Å². The van der Waals surface area contributed by atoms with E-state index in [4.69, 9.17) is 4.74 Å². The fourth-order valence-corrected chi connectivity index (χ4v) is 1.80. The molecule has 0 heterocycles. The van der Waals surface area contributed by atoms with Gasteiger partial charge in [-0.3, -0.25) is 4.79 Å². The first-order valence-corrected chi connectivity index (χ1v) is 6.69. The van der Waals surface area contributed by atoms with Gasteiger partial charge in [0.25, 0.3) is 5.91 Å². The van der Waals surface area contributed by atoms with Crippen molar-refractivity contribution in [3.05, 3.63) is 59.7 Å². The highest BCUT2D eigenvalue weighted by atomic mass is 16.5. The number of carbonyl (C=O) groups is 1. The Kier molecular flexibility index (Phi) is 4.41. The van der Waals surface area contributed by atoms with Gasteiger partial charge in [0.2, 0.25) is 0 Å². The summed E-state index contributed by atoms with van der Waals surface area (Å²) in [4.78, 5) is 12.0. The summed E-state index contributed by atoms with van der Waals surface area (Å²) < 4.78 is 5.56. The third-order valence-corrected chi connectivity index (χ3v) is 2.80. The minimum absolute atomic E-state index is 0.109. The quantitative estimate of drug-likeness (QED) is 0.909. The number of carbonyl (C=O) groups excluding carboxylic acids is 1. The molecule has 0 bridgehead atoms. The maximum absolute atomic E-state index is 12.0. The van der Waals surface area contributed by atoms with E-state index in [0.29, 0.717) is 5.56 Å². The number of anilines is 1. The van der Waals surface area contributed by atoms with Gasteiger partial charge in [0.15, 0.2) is 0 Å². The number of hydrogen-bond donors (Lipinski definition) is 1. The van der Waals surface area contributed by atoms with Crippen LogP contribution in [0.5, 0.6) is 5.75 Å². The molecule has 0 fully saturated rings. The standard InChI is InChI=1S/C17H19NO2/c1-12(2)20-16-10-8-15(9-11-16)18-17(19)14-6-4-13(3)5-7-14/h4-12H,1-3H3,(H,18,19). The van der Waals surface area contributed by atoms with Crippen LogP contribution in [-0.2, 0) is 0 Å². The molecule has 2 aromatic carbocycles. The normalized spacial score (nSPS) is 10.4. The minimum atomic E-state index is -0.109. The molecule has 0 spiro atoms. The first-order chi connectivity index (χ1) is 9.54. The van der Waals surface area contributed by atoms with Crippen molar-refractivity contribution in [1.82, 2.24) is 0 Å². The van der Waals surface area contributed by atoms with Crippen molar-refractivity contribution in [2.45, 2.75) is 26.9 Å². The Morgan fingerprint density at radius 1 is 1.00 bits per heavy atom. The van der Waals surface area contributed by atoms with Crippen LogP contribution >= 0.6 is 0 Å². The number of benzene rings is 2. The van der Waals surface area contributed by atoms with Gasteiger partial charge in [0.05, 0.1) is 6.10 Å². The fourth-order valence-electron chi connectivity index (χ4n) is 1.80. The maximum Gasteiger partial charge on any atom is 0.255 e. The molecular formula is C17H19NO2. The Morgan fingerprint density at radius 2 is 1.60 bits per heavy atom. The van der Waals surface area contributed by atoms with Gasteiger partial charge in [-0.1, -0.05) is 17.7 Å². The van der Waals surface area contributed by atoms with Crippen LogP contribution in [-0.4, -0.2) is 12.0 Å². The van der Waals surface area contributed by atoms with Crippen molar-refractivity contribution in [1.29, 1.82) is 0 Å². The van der Waals surface area contributed by atoms with Crippen LogP contribution < -0.4 is 10.1 Å². The van der Waals surface area contributed by atoms with Gasteiger partial charge in [-0.25, -0.2) is 0 Å². The molecule has 0 unspecified atom stereocenters. The van der Waals surface area contributed by atoms with Gasteiger partial charge in [-0.05, 0) is 57.2 Å². The lowest BCUT2D eigenvalue weighted by Gasteiger charge is -2.10. The molecule has 0 atom stereocenters.